The van der Waals surface area contributed by atoms with E-state index in [4.69, 9.17) is 11.5 Å². The number of carbonyl (C=O) groups excluding carboxylic acids is 4. The Bertz CT molecular complexity index is 1620. The first-order valence-corrected chi connectivity index (χ1v) is 17.0. The van der Waals surface area contributed by atoms with Crippen LogP contribution in [0.3, 0.4) is 0 Å². The quantitative estimate of drug-likeness (QED) is 0.115. The minimum atomic E-state index is -0.276. The highest BCUT2D eigenvalue weighted by atomic mass is 16.2. The molecule has 0 saturated heterocycles. The minimum absolute atomic E-state index is 0.104. The van der Waals surface area contributed by atoms with Gasteiger partial charge in [-0.3, -0.25) is 24.2 Å². The topological polar surface area (TPSA) is 181 Å². The molecular formula is C39H53N7O4. The van der Waals surface area contributed by atoms with Crippen molar-refractivity contribution in [2.75, 3.05) is 17.7 Å². The first kappa shape index (κ1) is 40.7. The number of hydrogen-bond acceptors (Lipinski definition) is 7. The number of carbonyl (C=O) groups is 4. The number of allylic oxidation sites excluding steroid dienone is 5. The van der Waals surface area contributed by atoms with Crippen molar-refractivity contribution >= 4 is 40.7 Å². The molecule has 3 rings (SSSR count). The third-order valence-corrected chi connectivity index (χ3v) is 8.00. The molecule has 0 aromatic heterocycles. The van der Waals surface area contributed by atoms with Gasteiger partial charge in [0, 0.05) is 49.6 Å². The number of para-hydroxylation sites is 2. The van der Waals surface area contributed by atoms with E-state index in [1.54, 1.807) is 24.3 Å². The van der Waals surface area contributed by atoms with Crippen LogP contribution >= 0.6 is 0 Å². The molecule has 1 saturated carbocycles. The van der Waals surface area contributed by atoms with Crippen molar-refractivity contribution in [2.24, 2.45) is 22.4 Å². The van der Waals surface area contributed by atoms with Crippen LogP contribution in [0.15, 0.2) is 101 Å². The molecule has 0 radical (unpaired) electrons. The summed E-state index contributed by atoms with van der Waals surface area (Å²) in [6, 6.07) is 14.5. The lowest BCUT2D eigenvalue weighted by Crippen LogP contribution is -2.29. The standard InChI is InChI=1S/C25H35N3O2.C14H18N4O2/c1-5-18(2)22(15-16-23(26-4)20-11-7-6-8-12-20)28-25(30)17-21-13-9-10-14-24(21)27-19(3)29;1-10(19)17-12-6-3-2-5-11(12)9-14(20)18-13(16)7-4-8-15/h9-10,13-16,20H,5-8,11-12,17H2,1-4H3,(H,27,29)(H,28,30);2-8H,9,15-16H2,1H3,(H,17,19)(H,18,20)/b16-15-,22-18-,26-23?;8-4-,13-7+. The fourth-order valence-electron chi connectivity index (χ4n) is 5.36. The first-order valence-electron chi connectivity index (χ1n) is 17.0. The molecule has 0 aliphatic heterocycles. The summed E-state index contributed by atoms with van der Waals surface area (Å²) in [5.41, 5.74) is 16.6. The van der Waals surface area contributed by atoms with Gasteiger partial charge in [-0.1, -0.05) is 62.6 Å². The Kier molecular flexibility index (Phi) is 18.1. The second-order valence-corrected chi connectivity index (χ2v) is 12.0. The van der Waals surface area contributed by atoms with Crippen molar-refractivity contribution in [3.63, 3.8) is 0 Å². The van der Waals surface area contributed by atoms with E-state index >= 15 is 0 Å². The van der Waals surface area contributed by atoms with E-state index < -0.39 is 0 Å². The van der Waals surface area contributed by atoms with E-state index in [-0.39, 0.29) is 42.3 Å². The fourth-order valence-corrected chi connectivity index (χ4v) is 5.36. The normalized spacial score (nSPS) is 14.3. The first-order chi connectivity index (χ1) is 24.0. The summed E-state index contributed by atoms with van der Waals surface area (Å²) in [4.78, 5) is 51.6. The molecule has 50 heavy (non-hydrogen) atoms. The molecule has 2 aromatic rings. The Balaban J connectivity index is 0.000000377. The van der Waals surface area contributed by atoms with Gasteiger partial charge in [-0.2, -0.15) is 0 Å². The lowest BCUT2D eigenvalue weighted by atomic mass is 9.85. The number of rotatable bonds is 13. The highest BCUT2D eigenvalue weighted by Crippen LogP contribution is 2.26. The summed E-state index contributed by atoms with van der Waals surface area (Å²) in [7, 11) is 1.85. The van der Waals surface area contributed by atoms with E-state index in [1.165, 1.54) is 64.3 Å². The monoisotopic (exact) mass is 683 g/mol. The van der Waals surface area contributed by atoms with Gasteiger partial charge in [-0.15, -0.1) is 0 Å². The van der Waals surface area contributed by atoms with Gasteiger partial charge in [0.25, 0.3) is 0 Å². The third-order valence-electron chi connectivity index (χ3n) is 8.00. The molecule has 11 nitrogen and oxygen atoms in total. The Morgan fingerprint density at radius 1 is 0.800 bits per heavy atom. The molecule has 2 aromatic carbocycles. The molecule has 0 unspecified atom stereocenters. The minimum Gasteiger partial charge on any atom is -0.405 e. The molecule has 11 heteroatoms. The smallest absolute Gasteiger partial charge is 0.229 e. The highest BCUT2D eigenvalue weighted by molar-refractivity contribution is 5.97. The molecule has 268 valence electrons. The Labute approximate surface area is 296 Å². The SMILES string of the molecule is CC(=O)Nc1ccccc1CC(=O)N/C(N)=C/C=C\N.CC/C(C)=C(/C=C\C(=NC)C1CCCCC1)NC(=O)Cc1ccccc1NC(C)=O. The second kappa shape index (κ2) is 22.2. The molecule has 4 amide bonds. The molecule has 0 heterocycles. The summed E-state index contributed by atoms with van der Waals surface area (Å²) in [6.07, 6.45) is 15.7. The van der Waals surface area contributed by atoms with Crippen LogP contribution < -0.4 is 32.7 Å². The zero-order valence-corrected chi connectivity index (χ0v) is 30.0. The molecular weight excluding hydrogens is 630 g/mol. The lowest BCUT2D eigenvalue weighted by molar-refractivity contribution is -0.120. The maximum Gasteiger partial charge on any atom is 0.229 e. The van der Waals surface area contributed by atoms with E-state index in [9.17, 15) is 19.2 Å². The van der Waals surface area contributed by atoms with Crippen molar-refractivity contribution in [1.29, 1.82) is 0 Å². The van der Waals surface area contributed by atoms with Crippen molar-refractivity contribution < 1.29 is 19.2 Å². The maximum atomic E-state index is 12.8. The van der Waals surface area contributed by atoms with E-state index in [0.29, 0.717) is 22.9 Å². The number of nitrogens with one attached hydrogen (secondary N) is 4. The molecule has 1 aliphatic carbocycles. The molecule has 8 N–H and O–H groups in total. The van der Waals surface area contributed by atoms with Gasteiger partial charge in [0.2, 0.25) is 23.6 Å². The van der Waals surface area contributed by atoms with Crippen molar-refractivity contribution in [1.82, 2.24) is 10.6 Å². The maximum absolute atomic E-state index is 12.8. The zero-order valence-electron chi connectivity index (χ0n) is 30.0. The van der Waals surface area contributed by atoms with Crippen LogP contribution in [0, 0.1) is 5.92 Å². The van der Waals surface area contributed by atoms with Gasteiger partial charge in [0.1, 0.15) is 5.82 Å². The van der Waals surface area contributed by atoms with E-state index in [2.05, 4.69) is 39.3 Å². The molecule has 1 aliphatic rings. The summed E-state index contributed by atoms with van der Waals surface area (Å²) < 4.78 is 0. The number of benzene rings is 2. The van der Waals surface area contributed by atoms with Crippen LogP contribution in [0.4, 0.5) is 11.4 Å². The third kappa shape index (κ3) is 15.2. The Hall–Kier alpha value is -5.45. The van der Waals surface area contributed by atoms with Gasteiger partial charge in [-0.25, -0.2) is 0 Å². The van der Waals surface area contributed by atoms with Crippen molar-refractivity contribution in [3.8, 4) is 0 Å². The molecule has 0 spiro atoms. The van der Waals surface area contributed by atoms with Gasteiger partial charge in [0.05, 0.1) is 12.8 Å². The van der Waals surface area contributed by atoms with Gasteiger partial charge in [0.15, 0.2) is 0 Å². The summed E-state index contributed by atoms with van der Waals surface area (Å²) in [5.74, 6) is -0.000321. The molecule has 0 atom stereocenters. The van der Waals surface area contributed by atoms with Gasteiger partial charge in [-0.05, 0) is 85.5 Å². The summed E-state index contributed by atoms with van der Waals surface area (Å²) >= 11 is 0. The summed E-state index contributed by atoms with van der Waals surface area (Å²) in [6.45, 7) is 6.99. The van der Waals surface area contributed by atoms with Crippen LogP contribution in [0.1, 0.15) is 77.3 Å². The van der Waals surface area contributed by atoms with Crippen LogP contribution in [0.2, 0.25) is 0 Å². The zero-order chi connectivity index (χ0) is 36.9. The average molecular weight is 684 g/mol. The summed E-state index contributed by atoms with van der Waals surface area (Å²) in [5, 5.41) is 11.1. The molecule has 1 fully saturated rings. The number of nitrogens with zero attached hydrogens (tertiary/aromatic N) is 1. The predicted molar refractivity (Wildman–Crippen MR) is 203 cm³/mol. The number of anilines is 2. The Morgan fingerprint density at radius 2 is 1.32 bits per heavy atom. The lowest BCUT2D eigenvalue weighted by Gasteiger charge is -2.21. The van der Waals surface area contributed by atoms with Crippen LogP contribution in [-0.4, -0.2) is 36.4 Å². The van der Waals surface area contributed by atoms with E-state index in [1.807, 2.05) is 44.3 Å². The Morgan fingerprint density at radius 3 is 1.80 bits per heavy atom. The van der Waals surface area contributed by atoms with Crippen LogP contribution in [0.25, 0.3) is 0 Å². The van der Waals surface area contributed by atoms with Gasteiger partial charge < -0.3 is 32.7 Å². The largest absolute Gasteiger partial charge is 0.405 e. The fraction of sp³-hybridized carbons (Fsp3) is 0.359. The van der Waals surface area contributed by atoms with E-state index in [0.717, 1.165) is 29.0 Å². The van der Waals surface area contributed by atoms with Crippen LogP contribution in [-0.2, 0) is 32.0 Å². The number of nitrogens with two attached hydrogens (primary N) is 2. The van der Waals surface area contributed by atoms with Crippen LogP contribution in [0.5, 0.6) is 0 Å². The number of amides is 4. The predicted octanol–water partition coefficient (Wildman–Crippen LogP) is 5.77. The van der Waals surface area contributed by atoms with Crippen molar-refractivity contribution in [2.45, 2.75) is 79.1 Å². The number of hydrogen-bond donors (Lipinski definition) is 6. The molecule has 0 bridgehead atoms. The van der Waals surface area contributed by atoms with Crippen molar-refractivity contribution in [3.05, 3.63) is 107 Å². The second-order valence-electron chi connectivity index (χ2n) is 12.0. The average Bonchev–Trinajstić information content (AvgIpc) is 3.08. The highest BCUT2D eigenvalue weighted by Gasteiger charge is 2.17. The number of aliphatic imine (C=N–C) groups is 1. The van der Waals surface area contributed by atoms with Gasteiger partial charge >= 0.3 is 0 Å².